The summed E-state index contributed by atoms with van der Waals surface area (Å²) in [4.78, 5) is 14.3. The molecule has 142 valence electrons. The van der Waals surface area contributed by atoms with E-state index in [1.165, 1.54) is 5.56 Å². The van der Waals surface area contributed by atoms with E-state index >= 15 is 0 Å². The highest BCUT2D eigenvalue weighted by Gasteiger charge is 2.31. The third-order valence-electron chi connectivity index (χ3n) is 5.34. The normalized spacial score (nSPS) is 16.3. The van der Waals surface area contributed by atoms with Crippen LogP contribution in [0, 0.1) is 0 Å². The SMILES string of the molecule is O=C1CCc2cc(S(=O)(=O)NCCCc3ccccc3)cc3c2N1CCC3. The zero-order valence-electron chi connectivity index (χ0n) is 15.3. The van der Waals surface area contributed by atoms with Crippen molar-refractivity contribution in [1.29, 1.82) is 0 Å². The van der Waals surface area contributed by atoms with Gasteiger partial charge in [0.15, 0.2) is 0 Å². The first-order valence-electron chi connectivity index (χ1n) is 9.54. The average molecular weight is 385 g/mol. The van der Waals surface area contributed by atoms with Crippen LogP contribution < -0.4 is 9.62 Å². The Labute approximate surface area is 160 Å². The van der Waals surface area contributed by atoms with Gasteiger partial charge in [-0.05, 0) is 60.9 Å². The van der Waals surface area contributed by atoms with Crippen molar-refractivity contribution in [3.05, 3.63) is 59.2 Å². The number of aryl methyl sites for hydroxylation is 3. The maximum absolute atomic E-state index is 12.8. The third-order valence-corrected chi connectivity index (χ3v) is 6.78. The maximum Gasteiger partial charge on any atom is 0.240 e. The molecular formula is C21H24N2O3S. The summed E-state index contributed by atoms with van der Waals surface area (Å²) in [5.74, 6) is 0.151. The van der Waals surface area contributed by atoms with Crippen LogP contribution in [-0.4, -0.2) is 27.4 Å². The van der Waals surface area contributed by atoms with Gasteiger partial charge < -0.3 is 4.90 Å². The number of sulfonamides is 1. The largest absolute Gasteiger partial charge is 0.312 e. The molecule has 0 atom stereocenters. The number of benzene rings is 2. The van der Waals surface area contributed by atoms with Gasteiger partial charge >= 0.3 is 0 Å². The average Bonchev–Trinajstić information content (AvgIpc) is 2.69. The lowest BCUT2D eigenvalue weighted by molar-refractivity contribution is -0.119. The summed E-state index contributed by atoms with van der Waals surface area (Å²) >= 11 is 0. The zero-order chi connectivity index (χ0) is 18.9. The molecule has 0 fully saturated rings. The predicted molar refractivity (Wildman–Crippen MR) is 105 cm³/mol. The molecule has 27 heavy (non-hydrogen) atoms. The van der Waals surface area contributed by atoms with Crippen LogP contribution in [0.5, 0.6) is 0 Å². The summed E-state index contributed by atoms with van der Waals surface area (Å²) < 4.78 is 28.3. The Balaban J connectivity index is 1.48. The van der Waals surface area contributed by atoms with E-state index in [-0.39, 0.29) is 5.91 Å². The van der Waals surface area contributed by atoms with Gasteiger partial charge in [-0.1, -0.05) is 30.3 Å². The molecule has 0 bridgehead atoms. The highest BCUT2D eigenvalue weighted by atomic mass is 32.2. The van der Waals surface area contributed by atoms with Crippen LogP contribution in [0.2, 0.25) is 0 Å². The van der Waals surface area contributed by atoms with Gasteiger partial charge in [0.2, 0.25) is 15.9 Å². The van der Waals surface area contributed by atoms with Crippen molar-refractivity contribution < 1.29 is 13.2 Å². The van der Waals surface area contributed by atoms with E-state index in [1.54, 1.807) is 12.1 Å². The number of anilines is 1. The Kier molecular flexibility index (Phi) is 5.02. The summed E-state index contributed by atoms with van der Waals surface area (Å²) in [7, 11) is -3.54. The number of hydrogen-bond acceptors (Lipinski definition) is 3. The maximum atomic E-state index is 12.8. The highest BCUT2D eigenvalue weighted by Crippen LogP contribution is 2.37. The zero-order valence-corrected chi connectivity index (χ0v) is 16.1. The topological polar surface area (TPSA) is 66.5 Å². The van der Waals surface area contributed by atoms with Gasteiger partial charge in [-0.3, -0.25) is 4.79 Å². The van der Waals surface area contributed by atoms with Gasteiger partial charge in [0.25, 0.3) is 0 Å². The van der Waals surface area contributed by atoms with E-state index in [0.29, 0.717) is 24.3 Å². The van der Waals surface area contributed by atoms with Crippen LogP contribution in [0.4, 0.5) is 5.69 Å². The number of hydrogen-bond donors (Lipinski definition) is 1. The van der Waals surface area contributed by atoms with Crippen LogP contribution in [-0.2, 0) is 34.1 Å². The fourth-order valence-corrected chi connectivity index (χ4v) is 5.18. The first kappa shape index (κ1) is 18.2. The van der Waals surface area contributed by atoms with Crippen LogP contribution >= 0.6 is 0 Å². The fraction of sp³-hybridized carbons (Fsp3) is 0.381. The molecule has 1 N–H and O–H groups in total. The fourth-order valence-electron chi connectivity index (χ4n) is 4.00. The summed E-state index contributed by atoms with van der Waals surface area (Å²) in [6, 6.07) is 13.6. The lowest BCUT2D eigenvalue weighted by Crippen LogP contribution is -2.39. The molecule has 0 saturated carbocycles. The van der Waals surface area contributed by atoms with Crippen molar-refractivity contribution in [2.24, 2.45) is 0 Å². The van der Waals surface area contributed by atoms with E-state index in [4.69, 9.17) is 0 Å². The van der Waals surface area contributed by atoms with E-state index < -0.39 is 10.0 Å². The Morgan fingerprint density at radius 2 is 1.74 bits per heavy atom. The number of carbonyl (C=O) groups is 1. The predicted octanol–water partition coefficient (Wildman–Crippen LogP) is 2.82. The van der Waals surface area contributed by atoms with Crippen molar-refractivity contribution in [3.63, 3.8) is 0 Å². The first-order valence-corrected chi connectivity index (χ1v) is 11.0. The molecule has 0 saturated heterocycles. The minimum atomic E-state index is -3.54. The highest BCUT2D eigenvalue weighted by molar-refractivity contribution is 7.89. The number of nitrogens with one attached hydrogen (secondary N) is 1. The van der Waals surface area contributed by atoms with Crippen molar-refractivity contribution in [1.82, 2.24) is 4.72 Å². The van der Waals surface area contributed by atoms with E-state index in [9.17, 15) is 13.2 Å². The molecule has 6 heteroatoms. The van der Waals surface area contributed by atoms with Crippen LogP contribution in [0.3, 0.4) is 0 Å². The quantitative estimate of drug-likeness (QED) is 0.779. The molecule has 2 aromatic rings. The Hall–Kier alpha value is -2.18. The van der Waals surface area contributed by atoms with Gasteiger partial charge in [-0.2, -0.15) is 0 Å². The molecule has 2 aliphatic rings. The second kappa shape index (κ2) is 7.44. The molecule has 4 rings (SSSR count). The number of rotatable bonds is 6. The lowest BCUT2D eigenvalue weighted by atomic mass is 9.92. The van der Waals surface area contributed by atoms with Gasteiger partial charge in [-0.25, -0.2) is 13.1 Å². The van der Waals surface area contributed by atoms with Crippen LogP contribution in [0.15, 0.2) is 47.4 Å². The molecule has 0 aromatic heterocycles. The Morgan fingerprint density at radius 1 is 1.00 bits per heavy atom. The van der Waals surface area contributed by atoms with Gasteiger partial charge in [-0.15, -0.1) is 0 Å². The molecule has 0 aliphatic carbocycles. The monoisotopic (exact) mass is 384 g/mol. The summed E-state index contributed by atoms with van der Waals surface area (Å²) in [5, 5.41) is 0. The van der Waals surface area contributed by atoms with Crippen LogP contribution in [0.25, 0.3) is 0 Å². The smallest absolute Gasteiger partial charge is 0.240 e. The first-order chi connectivity index (χ1) is 13.0. The van der Waals surface area contributed by atoms with Gasteiger partial charge in [0, 0.05) is 19.5 Å². The molecular weight excluding hydrogens is 360 g/mol. The molecule has 2 heterocycles. The van der Waals surface area contributed by atoms with Gasteiger partial charge in [0.1, 0.15) is 0 Å². The Morgan fingerprint density at radius 3 is 2.52 bits per heavy atom. The summed E-state index contributed by atoms with van der Waals surface area (Å²) in [6.45, 7) is 1.15. The summed E-state index contributed by atoms with van der Waals surface area (Å²) in [6.07, 6.45) is 4.38. The molecule has 2 aliphatic heterocycles. The third kappa shape index (κ3) is 3.77. The molecule has 0 spiro atoms. The standard InChI is InChI=1S/C21H24N2O3S/c24-20-11-10-18-15-19(14-17-9-5-13-23(20)21(17)18)27(25,26)22-12-4-8-16-6-2-1-3-7-16/h1-3,6-7,14-15,22H,4-5,8-13H2. The van der Waals surface area contributed by atoms with Crippen LogP contribution in [0.1, 0.15) is 36.0 Å². The van der Waals surface area contributed by atoms with E-state index in [2.05, 4.69) is 16.9 Å². The molecule has 0 radical (unpaired) electrons. The number of carbonyl (C=O) groups excluding carboxylic acids is 1. The van der Waals surface area contributed by atoms with E-state index in [1.807, 2.05) is 23.1 Å². The molecule has 2 aromatic carbocycles. The van der Waals surface area contributed by atoms with Crippen molar-refractivity contribution in [2.45, 2.75) is 43.4 Å². The second-order valence-electron chi connectivity index (χ2n) is 7.23. The minimum absolute atomic E-state index is 0.151. The number of nitrogens with zero attached hydrogens (tertiary/aromatic N) is 1. The van der Waals surface area contributed by atoms with Crippen molar-refractivity contribution in [3.8, 4) is 0 Å². The number of amides is 1. The van der Waals surface area contributed by atoms with Gasteiger partial charge in [0.05, 0.1) is 10.6 Å². The summed E-state index contributed by atoms with van der Waals surface area (Å²) in [5.41, 5.74) is 4.13. The van der Waals surface area contributed by atoms with E-state index in [0.717, 1.165) is 49.0 Å². The molecule has 1 amide bonds. The Bertz CT molecular complexity index is 938. The second-order valence-corrected chi connectivity index (χ2v) is 8.99. The lowest BCUT2D eigenvalue weighted by Gasteiger charge is -2.35. The minimum Gasteiger partial charge on any atom is -0.312 e. The molecule has 5 nitrogen and oxygen atoms in total. The van der Waals surface area contributed by atoms with Crippen molar-refractivity contribution in [2.75, 3.05) is 18.0 Å². The van der Waals surface area contributed by atoms with Crippen molar-refractivity contribution >= 4 is 21.6 Å². The molecule has 0 unspecified atom stereocenters.